The molecule has 7 heteroatoms. The number of nitrogens with zero attached hydrogens (tertiary/aromatic N) is 2. The van der Waals surface area contributed by atoms with Crippen molar-refractivity contribution in [3.63, 3.8) is 0 Å². The normalized spacial score (nSPS) is 14.6. The van der Waals surface area contributed by atoms with Crippen molar-refractivity contribution in [2.45, 2.75) is 0 Å². The van der Waals surface area contributed by atoms with Crippen molar-refractivity contribution < 1.29 is 13.9 Å². The van der Waals surface area contributed by atoms with Crippen molar-refractivity contribution >= 4 is 44.6 Å². The number of hydrogen-bond acceptors (Lipinski definition) is 4. The van der Waals surface area contributed by atoms with Gasteiger partial charge in [-0.05, 0) is 30.3 Å². The number of ether oxygens (including phenoxy) is 1. The number of piperazine rings is 1. The van der Waals surface area contributed by atoms with Crippen molar-refractivity contribution in [1.82, 2.24) is 4.90 Å². The van der Waals surface area contributed by atoms with Crippen LogP contribution >= 0.6 is 22.9 Å². The SMILES string of the molecule is COc1ccccc1N1CCN(C(=O)c2sc3cc(F)ccc3c2Cl)CC1. The van der Waals surface area contributed by atoms with E-state index in [1.165, 1.54) is 23.5 Å². The molecule has 2 heterocycles. The Hall–Kier alpha value is -2.31. The molecule has 0 radical (unpaired) electrons. The number of anilines is 1. The molecule has 2 aromatic carbocycles. The van der Waals surface area contributed by atoms with E-state index < -0.39 is 0 Å². The Labute approximate surface area is 165 Å². The molecule has 1 aliphatic heterocycles. The molecule has 1 fully saturated rings. The van der Waals surface area contributed by atoms with Crippen LogP contribution in [0.25, 0.3) is 10.1 Å². The van der Waals surface area contributed by atoms with Gasteiger partial charge in [0.15, 0.2) is 0 Å². The van der Waals surface area contributed by atoms with Crippen LogP contribution in [0.1, 0.15) is 9.67 Å². The monoisotopic (exact) mass is 404 g/mol. The quantitative estimate of drug-likeness (QED) is 0.636. The second-order valence-corrected chi connectivity index (χ2v) is 7.77. The Morgan fingerprint density at radius 1 is 1.15 bits per heavy atom. The van der Waals surface area contributed by atoms with Gasteiger partial charge in [-0.2, -0.15) is 0 Å². The molecule has 1 amide bonds. The van der Waals surface area contributed by atoms with Crippen LogP contribution < -0.4 is 9.64 Å². The second-order valence-electron chi connectivity index (χ2n) is 6.34. The molecule has 4 rings (SSSR count). The van der Waals surface area contributed by atoms with E-state index in [4.69, 9.17) is 16.3 Å². The summed E-state index contributed by atoms with van der Waals surface area (Å²) in [5, 5.41) is 1.13. The van der Waals surface area contributed by atoms with Crippen LogP contribution in [-0.4, -0.2) is 44.1 Å². The Bertz CT molecular complexity index is 999. The largest absolute Gasteiger partial charge is 0.495 e. The van der Waals surface area contributed by atoms with Crippen LogP contribution in [0.15, 0.2) is 42.5 Å². The van der Waals surface area contributed by atoms with Gasteiger partial charge in [-0.3, -0.25) is 4.79 Å². The van der Waals surface area contributed by atoms with Crippen molar-refractivity contribution in [2.24, 2.45) is 0 Å². The molecule has 27 heavy (non-hydrogen) atoms. The molecule has 0 spiro atoms. The van der Waals surface area contributed by atoms with Crippen molar-refractivity contribution in [1.29, 1.82) is 0 Å². The third kappa shape index (κ3) is 3.35. The standard InChI is InChI=1S/C20H18ClFN2O2S/c1-26-16-5-3-2-4-15(16)23-8-10-24(11-9-23)20(25)19-18(21)14-7-6-13(22)12-17(14)27-19/h2-7,12H,8-11H2,1H3. The van der Waals surface area contributed by atoms with Gasteiger partial charge >= 0.3 is 0 Å². The summed E-state index contributed by atoms with van der Waals surface area (Å²) in [6.45, 7) is 2.61. The summed E-state index contributed by atoms with van der Waals surface area (Å²) in [5.41, 5.74) is 1.03. The molecule has 0 N–H and O–H groups in total. The minimum atomic E-state index is -0.329. The number of thiophene rings is 1. The molecule has 1 aliphatic rings. The van der Waals surface area contributed by atoms with Crippen LogP contribution in [0.5, 0.6) is 5.75 Å². The minimum Gasteiger partial charge on any atom is -0.495 e. The molecular weight excluding hydrogens is 387 g/mol. The molecule has 0 unspecified atom stereocenters. The van der Waals surface area contributed by atoms with Crippen molar-refractivity contribution in [3.05, 3.63) is 58.2 Å². The molecule has 1 aromatic heterocycles. The van der Waals surface area contributed by atoms with Gasteiger partial charge in [0.25, 0.3) is 5.91 Å². The zero-order valence-electron chi connectivity index (χ0n) is 14.7. The number of carbonyl (C=O) groups is 1. The van der Waals surface area contributed by atoms with Gasteiger partial charge in [-0.1, -0.05) is 23.7 Å². The molecule has 0 bridgehead atoms. The summed E-state index contributed by atoms with van der Waals surface area (Å²) in [6, 6.07) is 12.3. The van der Waals surface area contributed by atoms with E-state index in [1.54, 1.807) is 18.1 Å². The predicted octanol–water partition coefficient (Wildman–Crippen LogP) is 4.66. The molecule has 0 aliphatic carbocycles. The first-order valence-electron chi connectivity index (χ1n) is 8.63. The van der Waals surface area contributed by atoms with Gasteiger partial charge in [0.05, 0.1) is 17.8 Å². The second kappa shape index (κ2) is 7.37. The highest BCUT2D eigenvalue weighted by Gasteiger charge is 2.27. The zero-order valence-corrected chi connectivity index (χ0v) is 16.3. The lowest BCUT2D eigenvalue weighted by Crippen LogP contribution is -2.48. The first-order valence-corrected chi connectivity index (χ1v) is 9.82. The lowest BCUT2D eigenvalue weighted by Gasteiger charge is -2.36. The lowest BCUT2D eigenvalue weighted by atomic mass is 10.2. The third-order valence-electron chi connectivity index (χ3n) is 4.78. The number of carbonyl (C=O) groups excluding carboxylic acids is 1. The number of halogens is 2. The smallest absolute Gasteiger partial charge is 0.265 e. The van der Waals surface area contributed by atoms with E-state index in [9.17, 15) is 9.18 Å². The van der Waals surface area contributed by atoms with Crippen LogP contribution in [0.3, 0.4) is 0 Å². The van der Waals surface area contributed by atoms with Crippen LogP contribution in [0.2, 0.25) is 5.02 Å². The number of hydrogen-bond donors (Lipinski definition) is 0. The van der Waals surface area contributed by atoms with Crippen LogP contribution in [-0.2, 0) is 0 Å². The Morgan fingerprint density at radius 3 is 2.63 bits per heavy atom. The number of amides is 1. The average Bonchev–Trinajstić information content (AvgIpc) is 3.03. The maximum absolute atomic E-state index is 13.5. The third-order valence-corrected chi connectivity index (χ3v) is 6.42. The van der Waals surface area contributed by atoms with Crippen LogP contribution in [0.4, 0.5) is 10.1 Å². The van der Waals surface area contributed by atoms with Crippen LogP contribution in [0, 0.1) is 5.82 Å². The minimum absolute atomic E-state index is 0.0960. The Balaban J connectivity index is 1.51. The summed E-state index contributed by atoms with van der Waals surface area (Å²) < 4.78 is 19.6. The lowest BCUT2D eigenvalue weighted by molar-refractivity contribution is 0.0752. The van der Waals surface area contributed by atoms with E-state index in [0.29, 0.717) is 40.8 Å². The fourth-order valence-electron chi connectivity index (χ4n) is 3.36. The summed E-state index contributed by atoms with van der Waals surface area (Å²) in [5.74, 6) is 0.401. The highest BCUT2D eigenvalue weighted by molar-refractivity contribution is 7.21. The molecule has 4 nitrogen and oxygen atoms in total. The first kappa shape index (κ1) is 18.1. The predicted molar refractivity (Wildman–Crippen MR) is 108 cm³/mol. The van der Waals surface area contributed by atoms with Gasteiger partial charge in [0.1, 0.15) is 16.4 Å². The van der Waals surface area contributed by atoms with E-state index in [2.05, 4.69) is 4.90 Å². The maximum atomic E-state index is 13.5. The number of methoxy groups -OCH3 is 1. The van der Waals surface area contributed by atoms with Gasteiger partial charge in [0, 0.05) is 36.3 Å². The zero-order chi connectivity index (χ0) is 19.0. The van der Waals surface area contributed by atoms with E-state index in [1.807, 2.05) is 24.3 Å². The van der Waals surface area contributed by atoms with Gasteiger partial charge in [0.2, 0.25) is 0 Å². The molecule has 3 aromatic rings. The fraction of sp³-hybridized carbons (Fsp3) is 0.250. The molecular formula is C20H18ClFN2O2S. The molecule has 140 valence electrons. The van der Waals surface area contributed by atoms with E-state index in [-0.39, 0.29) is 11.7 Å². The van der Waals surface area contributed by atoms with E-state index in [0.717, 1.165) is 16.8 Å². The maximum Gasteiger partial charge on any atom is 0.265 e. The number of fused-ring (bicyclic) bond motifs is 1. The summed E-state index contributed by atoms with van der Waals surface area (Å²) in [7, 11) is 1.66. The highest BCUT2D eigenvalue weighted by atomic mass is 35.5. The number of benzene rings is 2. The van der Waals surface area contributed by atoms with Crippen molar-refractivity contribution in [2.75, 3.05) is 38.2 Å². The van der Waals surface area contributed by atoms with Gasteiger partial charge in [-0.25, -0.2) is 4.39 Å². The molecule has 0 atom stereocenters. The first-order chi connectivity index (χ1) is 13.1. The van der Waals surface area contributed by atoms with Gasteiger partial charge < -0.3 is 14.5 Å². The van der Waals surface area contributed by atoms with Crippen molar-refractivity contribution in [3.8, 4) is 5.75 Å². The summed E-state index contributed by atoms with van der Waals surface area (Å²) in [4.78, 5) is 17.4. The Morgan fingerprint density at radius 2 is 1.89 bits per heavy atom. The highest BCUT2D eigenvalue weighted by Crippen LogP contribution is 2.37. The number of para-hydroxylation sites is 2. The number of rotatable bonds is 3. The molecule has 1 saturated heterocycles. The fourth-order valence-corrected chi connectivity index (χ4v) is 4.87. The van der Waals surface area contributed by atoms with E-state index >= 15 is 0 Å². The van der Waals surface area contributed by atoms with Gasteiger partial charge in [-0.15, -0.1) is 11.3 Å². The average molecular weight is 405 g/mol. The molecule has 0 saturated carbocycles. The topological polar surface area (TPSA) is 32.8 Å². The summed E-state index contributed by atoms with van der Waals surface area (Å²) >= 11 is 7.65. The summed E-state index contributed by atoms with van der Waals surface area (Å²) in [6.07, 6.45) is 0. The Kier molecular flexibility index (Phi) is 4.93.